The molecule has 1 saturated heterocycles. The smallest absolute Gasteiger partial charge is 0.283 e. The average Bonchev–Trinajstić information content (AvgIpc) is 2.38. The van der Waals surface area contributed by atoms with Gasteiger partial charge in [-0.25, -0.2) is 0 Å². The van der Waals surface area contributed by atoms with Crippen molar-refractivity contribution in [3.8, 4) is 0 Å². The summed E-state index contributed by atoms with van der Waals surface area (Å²) in [5.41, 5.74) is 1.08. The summed E-state index contributed by atoms with van der Waals surface area (Å²) in [6.45, 7) is 4.33. The van der Waals surface area contributed by atoms with Crippen molar-refractivity contribution in [2.75, 3.05) is 13.2 Å². The Morgan fingerprint density at radius 3 is 2.79 bits per heavy atom. The number of nitro groups is 1. The molecule has 1 N–H and O–H groups in total. The van der Waals surface area contributed by atoms with Gasteiger partial charge in [0.2, 0.25) is 0 Å². The topological polar surface area (TPSA) is 64.4 Å². The van der Waals surface area contributed by atoms with Crippen LogP contribution in [0.15, 0.2) is 22.7 Å². The minimum absolute atomic E-state index is 0.0557. The van der Waals surface area contributed by atoms with Crippen molar-refractivity contribution in [3.05, 3.63) is 38.3 Å². The molecule has 0 amide bonds. The Bertz CT molecular complexity index is 473. The summed E-state index contributed by atoms with van der Waals surface area (Å²) in [6, 6.07) is 5.23. The van der Waals surface area contributed by atoms with Gasteiger partial charge in [-0.1, -0.05) is 6.07 Å². The maximum atomic E-state index is 10.9. The molecule has 0 radical (unpaired) electrons. The SMILES string of the molecule is CC1(NCc2ccc(Br)c([N+](=O)[O-])c2)CCOCC1. The van der Waals surface area contributed by atoms with Crippen molar-refractivity contribution < 1.29 is 9.66 Å². The molecule has 6 heteroatoms. The third-order valence-corrected chi connectivity index (χ3v) is 4.19. The molecule has 1 heterocycles. The van der Waals surface area contributed by atoms with E-state index in [9.17, 15) is 10.1 Å². The molecule has 0 aromatic heterocycles. The Hall–Kier alpha value is -0.980. The number of rotatable bonds is 4. The van der Waals surface area contributed by atoms with Crippen LogP contribution in [0.25, 0.3) is 0 Å². The summed E-state index contributed by atoms with van der Waals surface area (Å²) in [5, 5.41) is 14.4. The van der Waals surface area contributed by atoms with Crippen LogP contribution in [0.3, 0.4) is 0 Å². The quantitative estimate of drug-likeness (QED) is 0.681. The molecule has 0 atom stereocenters. The van der Waals surface area contributed by atoms with Crippen LogP contribution >= 0.6 is 15.9 Å². The van der Waals surface area contributed by atoms with Crippen LogP contribution in [0.2, 0.25) is 0 Å². The Morgan fingerprint density at radius 2 is 2.16 bits per heavy atom. The molecule has 1 aromatic carbocycles. The lowest BCUT2D eigenvalue weighted by Crippen LogP contribution is -2.46. The fourth-order valence-corrected chi connectivity index (χ4v) is 2.51. The fraction of sp³-hybridized carbons (Fsp3) is 0.538. The highest BCUT2D eigenvalue weighted by molar-refractivity contribution is 9.10. The van der Waals surface area contributed by atoms with Crippen LogP contribution in [0.5, 0.6) is 0 Å². The summed E-state index contributed by atoms with van der Waals surface area (Å²) in [4.78, 5) is 10.5. The molecule has 1 aliphatic heterocycles. The van der Waals surface area contributed by atoms with E-state index in [1.54, 1.807) is 12.1 Å². The van der Waals surface area contributed by atoms with Gasteiger partial charge in [-0.15, -0.1) is 0 Å². The van der Waals surface area contributed by atoms with E-state index in [0.29, 0.717) is 11.0 Å². The van der Waals surface area contributed by atoms with E-state index in [4.69, 9.17) is 4.74 Å². The van der Waals surface area contributed by atoms with Crippen molar-refractivity contribution in [3.63, 3.8) is 0 Å². The summed E-state index contributed by atoms with van der Waals surface area (Å²) >= 11 is 3.19. The van der Waals surface area contributed by atoms with Crippen LogP contribution < -0.4 is 5.32 Å². The summed E-state index contributed by atoms with van der Waals surface area (Å²) in [7, 11) is 0. The molecule has 0 bridgehead atoms. The number of nitrogens with zero attached hydrogens (tertiary/aromatic N) is 1. The zero-order chi connectivity index (χ0) is 13.9. The Balaban J connectivity index is 2.03. The van der Waals surface area contributed by atoms with Gasteiger partial charge in [0.05, 0.1) is 9.40 Å². The van der Waals surface area contributed by atoms with E-state index >= 15 is 0 Å². The van der Waals surface area contributed by atoms with E-state index in [1.165, 1.54) is 0 Å². The predicted octanol–water partition coefficient (Wildman–Crippen LogP) is 3.02. The van der Waals surface area contributed by atoms with E-state index in [-0.39, 0.29) is 16.1 Å². The number of hydrogen-bond acceptors (Lipinski definition) is 4. The molecule has 104 valence electrons. The average molecular weight is 329 g/mol. The maximum absolute atomic E-state index is 10.9. The van der Waals surface area contributed by atoms with Crippen LogP contribution in [0.1, 0.15) is 25.3 Å². The summed E-state index contributed by atoms with van der Waals surface area (Å²) < 4.78 is 5.86. The first-order valence-electron chi connectivity index (χ1n) is 6.26. The van der Waals surface area contributed by atoms with Gasteiger partial charge in [0.15, 0.2) is 0 Å². The number of benzene rings is 1. The lowest BCUT2D eigenvalue weighted by Gasteiger charge is -2.34. The second-order valence-electron chi connectivity index (χ2n) is 5.07. The number of nitro benzene ring substituents is 1. The lowest BCUT2D eigenvalue weighted by atomic mass is 9.92. The van der Waals surface area contributed by atoms with E-state index in [2.05, 4.69) is 28.2 Å². The highest BCUT2D eigenvalue weighted by atomic mass is 79.9. The van der Waals surface area contributed by atoms with Gasteiger partial charge in [0, 0.05) is 31.4 Å². The minimum atomic E-state index is -0.371. The monoisotopic (exact) mass is 328 g/mol. The number of ether oxygens (including phenoxy) is 1. The third kappa shape index (κ3) is 3.75. The zero-order valence-electron chi connectivity index (χ0n) is 10.8. The molecule has 5 nitrogen and oxygen atoms in total. The molecular formula is C13H17BrN2O3. The van der Waals surface area contributed by atoms with Crippen molar-refractivity contribution in [2.45, 2.75) is 31.8 Å². The molecule has 0 aliphatic carbocycles. The number of halogens is 1. The molecule has 19 heavy (non-hydrogen) atoms. The molecular weight excluding hydrogens is 312 g/mol. The standard InChI is InChI=1S/C13H17BrN2O3/c1-13(4-6-19-7-5-13)15-9-10-2-3-11(14)12(8-10)16(17)18/h2-3,8,15H,4-7,9H2,1H3. The van der Waals surface area contributed by atoms with E-state index < -0.39 is 0 Å². The van der Waals surface area contributed by atoms with Gasteiger partial charge in [-0.2, -0.15) is 0 Å². The first kappa shape index (κ1) is 14.4. The summed E-state index contributed by atoms with van der Waals surface area (Å²) in [5.74, 6) is 0. The zero-order valence-corrected chi connectivity index (χ0v) is 12.4. The summed E-state index contributed by atoms with van der Waals surface area (Å²) in [6.07, 6.45) is 1.93. The van der Waals surface area contributed by atoms with Gasteiger partial charge in [-0.3, -0.25) is 10.1 Å². The molecule has 1 fully saturated rings. The predicted molar refractivity (Wildman–Crippen MR) is 76.1 cm³/mol. The molecule has 1 aliphatic rings. The Labute approximate surface area is 120 Å². The highest BCUT2D eigenvalue weighted by Crippen LogP contribution is 2.26. The number of hydrogen-bond donors (Lipinski definition) is 1. The van der Waals surface area contributed by atoms with Gasteiger partial charge < -0.3 is 10.1 Å². The van der Waals surface area contributed by atoms with Crippen LogP contribution in [-0.4, -0.2) is 23.7 Å². The van der Waals surface area contributed by atoms with E-state index in [0.717, 1.165) is 31.6 Å². The van der Waals surface area contributed by atoms with Crippen LogP contribution in [0.4, 0.5) is 5.69 Å². The lowest BCUT2D eigenvalue weighted by molar-refractivity contribution is -0.385. The minimum Gasteiger partial charge on any atom is -0.381 e. The van der Waals surface area contributed by atoms with Crippen molar-refractivity contribution in [1.82, 2.24) is 5.32 Å². The maximum Gasteiger partial charge on any atom is 0.283 e. The van der Waals surface area contributed by atoms with E-state index in [1.807, 2.05) is 6.07 Å². The van der Waals surface area contributed by atoms with Gasteiger partial charge in [-0.05, 0) is 47.3 Å². The highest BCUT2D eigenvalue weighted by Gasteiger charge is 2.26. The Morgan fingerprint density at radius 1 is 1.47 bits per heavy atom. The molecule has 0 saturated carbocycles. The van der Waals surface area contributed by atoms with Crippen LogP contribution in [0, 0.1) is 10.1 Å². The number of nitrogens with one attached hydrogen (secondary N) is 1. The second-order valence-corrected chi connectivity index (χ2v) is 5.92. The molecule has 0 spiro atoms. The van der Waals surface area contributed by atoms with Gasteiger partial charge in [0.25, 0.3) is 5.69 Å². The first-order chi connectivity index (χ1) is 9.00. The largest absolute Gasteiger partial charge is 0.381 e. The Kier molecular flexibility index (Phi) is 4.54. The van der Waals surface area contributed by atoms with Crippen LogP contribution in [-0.2, 0) is 11.3 Å². The molecule has 1 aromatic rings. The van der Waals surface area contributed by atoms with Crippen molar-refractivity contribution >= 4 is 21.6 Å². The van der Waals surface area contributed by atoms with Gasteiger partial charge in [0.1, 0.15) is 0 Å². The van der Waals surface area contributed by atoms with Crippen molar-refractivity contribution in [1.29, 1.82) is 0 Å². The molecule has 0 unspecified atom stereocenters. The first-order valence-corrected chi connectivity index (χ1v) is 7.05. The van der Waals surface area contributed by atoms with Gasteiger partial charge >= 0.3 is 0 Å². The van der Waals surface area contributed by atoms with Crippen molar-refractivity contribution in [2.24, 2.45) is 0 Å². The second kappa shape index (κ2) is 5.98. The third-order valence-electron chi connectivity index (χ3n) is 3.52. The normalized spacial score (nSPS) is 18.2. The molecule has 2 rings (SSSR count). The fourth-order valence-electron chi connectivity index (χ4n) is 2.12.